The molecule has 0 bridgehead atoms. The van der Waals surface area contributed by atoms with Gasteiger partial charge in [0, 0.05) is 25.2 Å². The average Bonchev–Trinajstić information content (AvgIpc) is 0.840. The van der Waals surface area contributed by atoms with Crippen molar-refractivity contribution in [2.24, 2.45) is 232 Å². The lowest BCUT2D eigenvalue weighted by molar-refractivity contribution is -0.139. The number of aliphatic hydroxyl groups is 2. The first kappa shape index (κ1) is 105. The van der Waals surface area contributed by atoms with Crippen LogP contribution in [0.25, 0.3) is 0 Å². The van der Waals surface area contributed by atoms with Crippen LogP contribution in [-0.4, -0.2) is 39.8 Å². The lowest BCUT2D eigenvalue weighted by Crippen LogP contribution is -2.54. The number of carbonyl (C=O) groups is 3. The number of allylic oxidation sites excluding steroid dienone is 1. The Hall–Kier alpha value is -1.59. The van der Waals surface area contributed by atoms with Gasteiger partial charge in [-0.15, -0.1) is 0 Å². The van der Waals surface area contributed by atoms with Crippen molar-refractivity contribution in [1.82, 2.24) is 0 Å². The maximum atomic E-state index is 12.1. The van der Waals surface area contributed by atoms with Crippen molar-refractivity contribution < 1.29 is 24.6 Å². The van der Waals surface area contributed by atoms with E-state index in [4.69, 9.17) is 0 Å². The molecule has 0 aromatic rings. The van der Waals surface area contributed by atoms with Crippen LogP contribution in [-0.2, 0) is 14.4 Å². The second-order valence-corrected chi connectivity index (χ2v) is 57.9. The molecule has 40 atom stereocenters. The molecule has 764 valence electrons. The fraction of sp³-hybridized carbons (Fsp3) is 0.946. The van der Waals surface area contributed by atoms with E-state index in [1.807, 2.05) is 6.08 Å². The SMILES string of the molecule is CC(=O)[C@H]1CC[C@@H]2[C@@H]1CC[C@H]1[C@H]2CCC2=CC(=O)CC[C@@]21C.CC(C)CCCCCC[C@@H](C)[C@H]1CCC2C3C(CC[C@@]21C)[C@@]1(C)CC[C@H](O)CC1=C[C@H]3O.CC(C)CCC[C@@H](C)C[C@H]1CCC2C3CC[C@H]4CC(=O)CC[C@]4(C)C3CC[C@@]21C.CC[C@@H](C)CCC[C@@H](C)[C@H]1CCC2C3CC[C@H]4CCCC[C@]4(C)C3CC[C@@]21C.CC[C@@H](C)[C@H]1CCC2C3CC[C@@H]4CCCC[C@]4(C)C3CC[C@@]21C. The average molecular weight is 1850 g/mol. The molecule has 2 N–H and O–H groups in total. The van der Waals surface area contributed by atoms with Crippen LogP contribution in [0.4, 0.5) is 0 Å². The van der Waals surface area contributed by atoms with Gasteiger partial charge in [-0.1, -0.05) is 271 Å². The standard InChI is InChI=1S/C30H52O2.C28H48O.C28H50.C23H40.C20H28O2/c1-20(2)10-8-6-7-9-11-21(3)24-12-13-25-28-26(15-17-30(24,25)5)29(4)16-14-23(31)18-22(29)19-27(28)32;1-19(2)7-6-8-20(3)17-21-10-12-25-24-11-9-22-18-23(29)13-15-27(22,4)26(24)14-16-28(21,25)5;1-6-20(2)10-9-11-21(3)24-15-16-25-23-14-13-22-12-7-8-18-27(22,4)26(23)17-19-28(24,25)5;1-5-16(2)19-11-12-20-18-10-9-17-8-6-7-14-22(17,3)21(18)13-15-23(19,20)4;1-12(21)15-5-6-17-16(15)7-8-19-18(17)4-3-13-11-14(22)9-10-20(13,19)2/h19-21,23-28,31-32H,6-18H2,1-5H3;19-22,24-26H,6-18H2,1-5H3;20-26H,6-19H2,1-5H3;16-21H,5-15H2,1-4H3;11,15-19H,3-10H2,1-2H3/t21-,23+,24-,25?,26?,27-,28?,29+,30-;20-,21-,22+,24?,25?,26?,27+,28-;20-,21-,22-,23?,24-,25?,26?,27+,28-;16-,17+,18?,19-,20?,21?,22+,23-;15-,16-,17-,18+,19+,20+/m11111/s1. The van der Waals surface area contributed by atoms with E-state index in [1.54, 1.807) is 110 Å². The highest BCUT2D eigenvalue weighted by Gasteiger charge is 2.67. The van der Waals surface area contributed by atoms with E-state index in [1.165, 1.54) is 229 Å². The third-order valence-electron chi connectivity index (χ3n) is 51.1. The molecule has 18 fully saturated rings. The van der Waals surface area contributed by atoms with Crippen LogP contribution in [0.15, 0.2) is 23.3 Å². The Bertz CT molecular complexity index is 3910. The molecular formula is C129H218O5. The number of Topliss-reactive ketones (excluding diaryl/α,β-unsaturated/α-hetero) is 2. The number of unbranched alkanes of at least 4 members (excludes halogenated alkanes) is 3. The lowest BCUT2D eigenvalue weighted by Gasteiger charge is -2.61. The minimum absolute atomic E-state index is 0.200. The van der Waals surface area contributed by atoms with Crippen LogP contribution in [0.5, 0.6) is 0 Å². The van der Waals surface area contributed by atoms with E-state index < -0.39 is 0 Å². The highest BCUT2D eigenvalue weighted by Crippen LogP contribution is 2.75. The smallest absolute Gasteiger partial charge is 0.155 e. The van der Waals surface area contributed by atoms with Crippen LogP contribution in [0, 0.1) is 232 Å². The molecular weight excluding hydrogens is 1630 g/mol. The third kappa shape index (κ3) is 20.4. The fourth-order valence-corrected chi connectivity index (χ4v) is 42.9. The molecule has 12 unspecified atom stereocenters. The largest absolute Gasteiger partial charge is 0.393 e. The zero-order valence-electron chi connectivity index (χ0n) is 92.0. The molecule has 0 spiro atoms. The van der Waals surface area contributed by atoms with Crippen molar-refractivity contribution >= 4 is 17.3 Å². The van der Waals surface area contributed by atoms with Gasteiger partial charge >= 0.3 is 0 Å². The van der Waals surface area contributed by atoms with Crippen LogP contribution < -0.4 is 0 Å². The molecule has 0 aliphatic heterocycles. The number of rotatable bonds is 23. The molecule has 20 aliphatic rings. The molecule has 5 nitrogen and oxygen atoms in total. The van der Waals surface area contributed by atoms with E-state index >= 15 is 0 Å². The number of hydrogen-bond acceptors (Lipinski definition) is 5. The summed E-state index contributed by atoms with van der Waals surface area (Å²) in [6, 6.07) is 0. The van der Waals surface area contributed by atoms with Crippen molar-refractivity contribution in [3.63, 3.8) is 0 Å². The Morgan fingerprint density at radius 3 is 1.40 bits per heavy atom. The lowest BCUT2D eigenvalue weighted by atomic mass is 9.44. The third-order valence-corrected chi connectivity index (χ3v) is 51.1. The van der Waals surface area contributed by atoms with E-state index in [0.717, 1.165) is 211 Å². The monoisotopic (exact) mass is 1850 g/mol. The van der Waals surface area contributed by atoms with Crippen LogP contribution in [0.2, 0.25) is 0 Å². The maximum Gasteiger partial charge on any atom is 0.155 e. The molecule has 0 saturated heterocycles. The molecule has 134 heavy (non-hydrogen) atoms. The normalized spacial score (nSPS) is 47.5. The van der Waals surface area contributed by atoms with Gasteiger partial charge < -0.3 is 10.2 Å². The minimum Gasteiger partial charge on any atom is -0.393 e. The number of hydrogen-bond donors (Lipinski definition) is 2. The van der Waals surface area contributed by atoms with Gasteiger partial charge in [0.15, 0.2) is 5.78 Å². The molecule has 0 heterocycles. The van der Waals surface area contributed by atoms with E-state index in [0.29, 0.717) is 85.3 Å². The Morgan fingerprint density at radius 1 is 0.351 bits per heavy atom. The zero-order chi connectivity index (χ0) is 95.6. The van der Waals surface area contributed by atoms with Gasteiger partial charge in [0.2, 0.25) is 0 Å². The van der Waals surface area contributed by atoms with Gasteiger partial charge in [-0.25, -0.2) is 0 Å². The summed E-state index contributed by atoms with van der Waals surface area (Å²) in [4.78, 5) is 35.9. The highest BCUT2D eigenvalue weighted by atomic mass is 16.3. The van der Waals surface area contributed by atoms with Gasteiger partial charge in [-0.05, 0) is 483 Å². The van der Waals surface area contributed by atoms with Gasteiger partial charge in [0.1, 0.15) is 11.6 Å². The molecule has 18 saturated carbocycles. The molecule has 5 heteroatoms. The highest BCUT2D eigenvalue weighted by molar-refractivity contribution is 5.91. The number of ketones is 3. The molecule has 20 aliphatic carbocycles. The first-order valence-corrected chi connectivity index (χ1v) is 61.1. The zero-order valence-corrected chi connectivity index (χ0v) is 92.0. The number of fused-ring (bicyclic) bond motifs is 25. The number of carbonyl (C=O) groups excluding carboxylic acids is 3. The Kier molecular flexibility index (Phi) is 33.9. The summed E-state index contributed by atoms with van der Waals surface area (Å²) in [5, 5.41) is 21.6. The molecule has 0 aromatic carbocycles. The summed E-state index contributed by atoms with van der Waals surface area (Å²) < 4.78 is 0. The quantitative estimate of drug-likeness (QED) is 0.0786. The fourth-order valence-electron chi connectivity index (χ4n) is 42.9. The first-order valence-electron chi connectivity index (χ1n) is 61.1. The summed E-state index contributed by atoms with van der Waals surface area (Å²) in [7, 11) is 0. The summed E-state index contributed by atoms with van der Waals surface area (Å²) in [5.41, 5.74) is 7.60. The van der Waals surface area contributed by atoms with Gasteiger partial charge in [-0.3, -0.25) is 14.4 Å². The Morgan fingerprint density at radius 2 is 0.821 bits per heavy atom. The van der Waals surface area contributed by atoms with Crippen molar-refractivity contribution in [3.05, 3.63) is 23.3 Å². The number of aliphatic hydroxyl groups excluding tert-OH is 2. The predicted molar refractivity (Wildman–Crippen MR) is 565 cm³/mol. The Balaban J connectivity index is 0.000000123. The summed E-state index contributed by atoms with van der Waals surface area (Å²) in [5.74, 6) is 28.7. The topological polar surface area (TPSA) is 91.7 Å². The van der Waals surface area contributed by atoms with Gasteiger partial charge in [-0.2, -0.15) is 0 Å². The second-order valence-electron chi connectivity index (χ2n) is 57.9. The summed E-state index contributed by atoms with van der Waals surface area (Å²) in [6.45, 7) is 52.4. The minimum atomic E-state index is -0.298. The molecule has 20 rings (SSSR count). The summed E-state index contributed by atoms with van der Waals surface area (Å²) in [6.07, 6.45) is 85.0. The Labute approximate surface area is 828 Å². The van der Waals surface area contributed by atoms with Gasteiger partial charge in [0.05, 0.1) is 12.2 Å². The van der Waals surface area contributed by atoms with E-state index in [2.05, 4.69) is 145 Å². The van der Waals surface area contributed by atoms with Crippen LogP contribution in [0.3, 0.4) is 0 Å². The van der Waals surface area contributed by atoms with Crippen molar-refractivity contribution in [1.29, 1.82) is 0 Å². The van der Waals surface area contributed by atoms with Gasteiger partial charge in [0.25, 0.3) is 0 Å². The molecule has 0 aromatic heterocycles. The van der Waals surface area contributed by atoms with Crippen LogP contribution >= 0.6 is 0 Å². The first-order chi connectivity index (χ1) is 63.8. The van der Waals surface area contributed by atoms with E-state index in [9.17, 15) is 24.6 Å². The summed E-state index contributed by atoms with van der Waals surface area (Å²) >= 11 is 0. The second kappa shape index (κ2) is 43.2. The molecule has 0 radical (unpaired) electrons. The molecule has 0 amide bonds. The van der Waals surface area contributed by atoms with Crippen LogP contribution in [0.1, 0.15) is 524 Å². The van der Waals surface area contributed by atoms with E-state index in [-0.39, 0.29) is 23.0 Å². The van der Waals surface area contributed by atoms with Crippen molar-refractivity contribution in [2.75, 3.05) is 0 Å². The predicted octanol–water partition coefficient (Wildman–Crippen LogP) is 35.9. The maximum absolute atomic E-state index is 12.1. The van der Waals surface area contributed by atoms with Crippen molar-refractivity contribution in [3.8, 4) is 0 Å². The van der Waals surface area contributed by atoms with Crippen molar-refractivity contribution in [2.45, 2.75) is 536 Å².